The van der Waals surface area contributed by atoms with E-state index in [1.54, 1.807) is 0 Å². The zero-order chi connectivity index (χ0) is 25.8. The second-order valence-corrected chi connectivity index (χ2v) is 13.2. The van der Waals surface area contributed by atoms with Crippen molar-refractivity contribution in [2.45, 2.75) is 102 Å². The predicted octanol–water partition coefficient (Wildman–Crippen LogP) is 4.45. The Morgan fingerprint density at radius 1 is 1.11 bits per heavy atom. The largest absolute Gasteiger partial charge is 0.367 e. The van der Waals surface area contributed by atoms with E-state index in [4.69, 9.17) is 4.74 Å². The number of piperidine rings is 1. The maximum Gasteiger partial charge on any atom is 0.251 e. The van der Waals surface area contributed by atoms with Gasteiger partial charge in [-0.25, -0.2) is 4.39 Å². The van der Waals surface area contributed by atoms with Crippen LogP contribution in [0.25, 0.3) is 0 Å². The molecule has 2 aliphatic heterocycles. The van der Waals surface area contributed by atoms with Gasteiger partial charge in [0.1, 0.15) is 18.3 Å². The Morgan fingerprint density at radius 2 is 1.86 bits per heavy atom. The van der Waals surface area contributed by atoms with Crippen LogP contribution in [0.5, 0.6) is 0 Å². The highest BCUT2D eigenvalue weighted by Gasteiger charge is 2.52. The molecule has 0 aromatic heterocycles. The number of halogens is 1. The lowest BCUT2D eigenvalue weighted by molar-refractivity contribution is -0.133. The fourth-order valence-corrected chi connectivity index (χ4v) is 8.78. The summed E-state index contributed by atoms with van der Waals surface area (Å²) in [6, 6.07) is 1.57. The third-order valence-corrected chi connectivity index (χ3v) is 11.1. The first-order valence-corrected chi connectivity index (χ1v) is 15.3. The Bertz CT molecular complexity index is 802. The third kappa shape index (κ3) is 6.34. The van der Waals surface area contributed by atoms with Crippen LogP contribution in [0.1, 0.15) is 83.5 Å². The third-order valence-electron chi connectivity index (χ3n) is 11.1. The molecule has 2 saturated heterocycles. The molecule has 3 aliphatic carbocycles. The highest BCUT2D eigenvalue weighted by molar-refractivity contribution is 5.81. The van der Waals surface area contributed by atoms with E-state index < -0.39 is 18.3 Å². The fraction of sp³-hybridized carbons (Fsp3) is 0.933. The van der Waals surface area contributed by atoms with Crippen LogP contribution in [0.4, 0.5) is 4.39 Å². The van der Waals surface area contributed by atoms with Gasteiger partial charge >= 0.3 is 0 Å². The van der Waals surface area contributed by atoms with E-state index in [2.05, 4.69) is 28.7 Å². The van der Waals surface area contributed by atoms with Crippen molar-refractivity contribution in [3.63, 3.8) is 0 Å². The predicted molar refractivity (Wildman–Crippen MR) is 142 cm³/mol. The standard InChI is InChI=1S/C30H49FN4O2/c1-35-13-10-30(11-14-35)9-8-21-4-5-22(17-26(21)30)23-6-7-24(27(31)18-23)16-25(19-32)34-29(36)28-20-33-12-2-3-15-37-28/h21-28,33H,2-18,20H2,1H3,(H,34,36)/t21?,22?,23?,24?,25-,26?,27?,28-/m0/s1. The molecule has 0 radical (unpaired) electrons. The van der Waals surface area contributed by atoms with E-state index in [1.165, 1.54) is 58.0 Å². The quantitative estimate of drug-likeness (QED) is 0.565. The molecule has 0 aromatic carbocycles. The van der Waals surface area contributed by atoms with Crippen LogP contribution in [0.3, 0.4) is 0 Å². The molecule has 7 heteroatoms. The Balaban J connectivity index is 1.11. The lowest BCUT2D eigenvalue weighted by Gasteiger charge is -2.48. The molecule has 208 valence electrons. The van der Waals surface area contributed by atoms with Crippen molar-refractivity contribution in [2.75, 3.05) is 39.8 Å². The SMILES string of the molecule is CN1CCC2(CCC3CCC(C4CCC(C[C@@H](C#N)NC(=O)[C@@H]5CNCCCCO5)C(F)C4)CC32)CC1. The van der Waals surface area contributed by atoms with E-state index >= 15 is 4.39 Å². The summed E-state index contributed by atoms with van der Waals surface area (Å²) in [5.41, 5.74) is 0.566. The zero-order valence-corrected chi connectivity index (χ0v) is 22.9. The molecule has 1 amide bonds. The van der Waals surface area contributed by atoms with Gasteiger partial charge in [0.2, 0.25) is 0 Å². The summed E-state index contributed by atoms with van der Waals surface area (Å²) < 4.78 is 21.2. The molecule has 5 fully saturated rings. The molecule has 3 saturated carbocycles. The van der Waals surface area contributed by atoms with E-state index in [-0.39, 0.29) is 11.8 Å². The summed E-state index contributed by atoms with van der Waals surface area (Å²) in [5.74, 6) is 2.54. The highest BCUT2D eigenvalue weighted by Crippen LogP contribution is 2.60. The summed E-state index contributed by atoms with van der Waals surface area (Å²) in [6.07, 6.45) is 13.0. The Kier molecular flexibility index (Phi) is 9.09. The average molecular weight is 517 g/mol. The van der Waals surface area contributed by atoms with Crippen molar-refractivity contribution >= 4 is 5.91 Å². The van der Waals surface area contributed by atoms with Crippen LogP contribution in [0.2, 0.25) is 0 Å². The Hall–Kier alpha value is -1.23. The molecular weight excluding hydrogens is 467 g/mol. The van der Waals surface area contributed by atoms with Crippen LogP contribution >= 0.6 is 0 Å². The van der Waals surface area contributed by atoms with Gasteiger partial charge in [0.25, 0.3) is 5.91 Å². The monoisotopic (exact) mass is 516 g/mol. The lowest BCUT2D eigenvalue weighted by atomic mass is 9.59. The van der Waals surface area contributed by atoms with E-state index in [0.29, 0.717) is 43.2 Å². The normalized spacial score (nSPS) is 39.6. The number of hydrogen-bond acceptors (Lipinski definition) is 5. The van der Waals surface area contributed by atoms with Crippen molar-refractivity contribution in [1.82, 2.24) is 15.5 Å². The minimum absolute atomic E-state index is 0.138. The summed E-state index contributed by atoms with van der Waals surface area (Å²) in [7, 11) is 2.26. The maximum absolute atomic E-state index is 15.5. The first kappa shape index (κ1) is 27.3. The van der Waals surface area contributed by atoms with Crippen molar-refractivity contribution in [3.8, 4) is 6.07 Å². The van der Waals surface area contributed by atoms with Crippen LogP contribution in [0, 0.1) is 46.3 Å². The summed E-state index contributed by atoms with van der Waals surface area (Å²) in [4.78, 5) is 15.2. The number of likely N-dealkylation sites (tertiary alicyclic amines) is 1. The number of nitriles is 1. The number of nitrogens with zero attached hydrogens (tertiary/aromatic N) is 2. The molecule has 5 rings (SSSR count). The molecule has 5 aliphatic rings. The van der Waals surface area contributed by atoms with Crippen molar-refractivity contribution in [1.29, 1.82) is 5.26 Å². The van der Waals surface area contributed by atoms with Crippen LogP contribution in [0.15, 0.2) is 0 Å². The molecular formula is C30H49FN4O2. The van der Waals surface area contributed by atoms with Gasteiger partial charge in [0, 0.05) is 13.2 Å². The minimum atomic E-state index is -0.871. The molecule has 2 heterocycles. The highest BCUT2D eigenvalue weighted by atomic mass is 19.1. The van der Waals surface area contributed by atoms with Crippen LogP contribution in [-0.2, 0) is 9.53 Å². The van der Waals surface area contributed by atoms with Gasteiger partial charge in [-0.2, -0.15) is 5.26 Å². The second-order valence-electron chi connectivity index (χ2n) is 13.2. The molecule has 6 nitrogen and oxygen atoms in total. The minimum Gasteiger partial charge on any atom is -0.367 e. The van der Waals surface area contributed by atoms with E-state index in [0.717, 1.165) is 44.1 Å². The van der Waals surface area contributed by atoms with Gasteiger partial charge in [-0.1, -0.05) is 0 Å². The summed E-state index contributed by atoms with van der Waals surface area (Å²) >= 11 is 0. The number of rotatable bonds is 5. The van der Waals surface area contributed by atoms with E-state index in [9.17, 15) is 10.1 Å². The average Bonchev–Trinajstić information content (AvgIpc) is 3.23. The molecule has 0 bridgehead atoms. The van der Waals surface area contributed by atoms with Crippen molar-refractivity contribution in [2.24, 2.45) is 35.0 Å². The number of carbonyl (C=O) groups is 1. The first-order chi connectivity index (χ1) is 18.0. The number of carbonyl (C=O) groups excluding carboxylic acids is 1. The van der Waals surface area contributed by atoms with Gasteiger partial charge in [-0.3, -0.25) is 4.79 Å². The first-order valence-electron chi connectivity index (χ1n) is 15.3. The summed E-state index contributed by atoms with van der Waals surface area (Å²) in [5, 5.41) is 15.8. The number of nitrogens with one attached hydrogen (secondary N) is 2. The fourth-order valence-electron chi connectivity index (χ4n) is 8.78. The Morgan fingerprint density at radius 3 is 2.65 bits per heavy atom. The van der Waals surface area contributed by atoms with Gasteiger partial charge in [0.05, 0.1) is 6.07 Å². The molecule has 1 spiro atoms. The van der Waals surface area contributed by atoms with Gasteiger partial charge < -0.3 is 20.3 Å². The topological polar surface area (TPSA) is 77.4 Å². The van der Waals surface area contributed by atoms with Crippen LogP contribution in [-0.4, -0.2) is 69.0 Å². The van der Waals surface area contributed by atoms with E-state index in [1.807, 2.05) is 0 Å². The number of fused-ring (bicyclic) bond motifs is 2. The Labute approximate surface area is 223 Å². The van der Waals surface area contributed by atoms with Gasteiger partial charge in [-0.15, -0.1) is 0 Å². The number of amides is 1. The zero-order valence-electron chi connectivity index (χ0n) is 22.9. The molecule has 0 aromatic rings. The maximum atomic E-state index is 15.5. The number of hydrogen-bond donors (Lipinski definition) is 2. The van der Waals surface area contributed by atoms with Crippen molar-refractivity contribution in [3.05, 3.63) is 0 Å². The van der Waals surface area contributed by atoms with Gasteiger partial charge in [0.15, 0.2) is 0 Å². The van der Waals surface area contributed by atoms with Crippen molar-refractivity contribution < 1.29 is 13.9 Å². The molecule has 6 unspecified atom stereocenters. The summed E-state index contributed by atoms with van der Waals surface area (Å²) in [6.45, 7) is 4.38. The van der Waals surface area contributed by atoms with Crippen LogP contribution < -0.4 is 10.6 Å². The lowest BCUT2D eigenvalue weighted by Crippen LogP contribution is -2.48. The number of ether oxygens (including phenoxy) is 1. The number of alkyl halides is 1. The molecule has 37 heavy (non-hydrogen) atoms. The second kappa shape index (κ2) is 12.3. The van der Waals surface area contributed by atoms with Gasteiger partial charge in [-0.05, 0) is 145 Å². The molecule has 8 atom stereocenters. The molecule has 2 N–H and O–H groups in total. The smallest absolute Gasteiger partial charge is 0.251 e.